The summed E-state index contributed by atoms with van der Waals surface area (Å²) in [6.07, 6.45) is 1.86. The van der Waals surface area contributed by atoms with E-state index in [4.69, 9.17) is 5.11 Å². The van der Waals surface area contributed by atoms with Gasteiger partial charge in [0.05, 0.1) is 0 Å². The van der Waals surface area contributed by atoms with Gasteiger partial charge in [0.1, 0.15) is 0 Å². The number of benzene rings is 1. The maximum absolute atomic E-state index is 10.4. The Bertz CT molecular complexity index is 514. The van der Waals surface area contributed by atoms with Gasteiger partial charge in [-0.25, -0.2) is 0 Å². The second-order valence-electron chi connectivity index (χ2n) is 3.89. The van der Waals surface area contributed by atoms with Gasteiger partial charge >= 0.3 is 5.97 Å². The van der Waals surface area contributed by atoms with Crippen molar-refractivity contribution in [1.29, 1.82) is 0 Å². The van der Waals surface area contributed by atoms with Crippen molar-refractivity contribution in [3.05, 3.63) is 34.7 Å². The van der Waals surface area contributed by atoms with E-state index in [-0.39, 0.29) is 6.42 Å². The third-order valence-corrected chi connectivity index (χ3v) is 4.07. The number of aliphatic carboxylic acids is 1. The number of carbonyl (C=O) groups is 1. The van der Waals surface area contributed by atoms with Crippen molar-refractivity contribution >= 4 is 27.4 Å². The van der Waals surface area contributed by atoms with Crippen molar-refractivity contribution in [2.45, 2.75) is 26.2 Å². The van der Waals surface area contributed by atoms with Crippen LogP contribution in [0, 0.1) is 6.92 Å². The molecule has 0 aliphatic heterocycles. The van der Waals surface area contributed by atoms with E-state index in [1.165, 1.54) is 20.5 Å². The molecule has 0 radical (unpaired) electrons. The molecular formula is C13H14O2S. The van der Waals surface area contributed by atoms with Crippen molar-refractivity contribution < 1.29 is 9.90 Å². The van der Waals surface area contributed by atoms with Crippen LogP contribution in [0.2, 0.25) is 0 Å². The highest BCUT2D eigenvalue weighted by molar-refractivity contribution is 7.19. The molecule has 0 unspecified atom stereocenters. The Kier molecular flexibility index (Phi) is 3.25. The van der Waals surface area contributed by atoms with Crippen LogP contribution in [0.25, 0.3) is 10.1 Å². The lowest BCUT2D eigenvalue weighted by atomic mass is 10.1. The van der Waals surface area contributed by atoms with E-state index in [1.54, 1.807) is 11.3 Å². The molecule has 3 heteroatoms. The fourth-order valence-corrected chi connectivity index (χ4v) is 3.12. The molecule has 0 atom stereocenters. The molecule has 1 heterocycles. The SMILES string of the molecule is Cc1c(CCCC(=O)O)sc2ccccc12. The quantitative estimate of drug-likeness (QED) is 0.877. The first-order valence-corrected chi connectivity index (χ1v) is 6.19. The molecule has 2 rings (SSSR count). The minimum atomic E-state index is -0.709. The zero-order valence-corrected chi connectivity index (χ0v) is 10.0. The lowest BCUT2D eigenvalue weighted by Gasteiger charge is -1.97. The van der Waals surface area contributed by atoms with Crippen molar-refractivity contribution in [1.82, 2.24) is 0 Å². The highest BCUT2D eigenvalue weighted by atomic mass is 32.1. The Labute approximate surface area is 98.5 Å². The maximum Gasteiger partial charge on any atom is 0.303 e. The lowest BCUT2D eigenvalue weighted by Crippen LogP contribution is -1.95. The average Bonchev–Trinajstić information content (AvgIpc) is 2.56. The molecule has 0 saturated heterocycles. The molecule has 0 saturated carbocycles. The van der Waals surface area contributed by atoms with Crippen LogP contribution in [0.4, 0.5) is 0 Å². The van der Waals surface area contributed by atoms with E-state index < -0.39 is 5.97 Å². The molecule has 0 spiro atoms. The summed E-state index contributed by atoms with van der Waals surface area (Å²) in [5.74, 6) is -0.709. The van der Waals surface area contributed by atoms with Gasteiger partial charge in [-0.05, 0) is 36.8 Å². The smallest absolute Gasteiger partial charge is 0.303 e. The summed E-state index contributed by atoms with van der Waals surface area (Å²) >= 11 is 1.78. The maximum atomic E-state index is 10.4. The third kappa shape index (κ3) is 2.25. The number of hydrogen-bond acceptors (Lipinski definition) is 2. The first-order chi connectivity index (χ1) is 7.68. The summed E-state index contributed by atoms with van der Waals surface area (Å²) < 4.78 is 1.30. The predicted octanol–water partition coefficient (Wildman–Crippen LogP) is 3.62. The standard InChI is InChI=1S/C13H14O2S/c1-9-10-5-2-3-6-12(10)16-11(9)7-4-8-13(14)15/h2-3,5-6H,4,7-8H2,1H3,(H,14,15). The summed E-state index contributed by atoms with van der Waals surface area (Å²) in [4.78, 5) is 11.8. The van der Waals surface area contributed by atoms with Crippen molar-refractivity contribution in [2.24, 2.45) is 0 Å². The van der Waals surface area contributed by atoms with E-state index >= 15 is 0 Å². The molecule has 0 aliphatic rings. The van der Waals surface area contributed by atoms with Gasteiger partial charge in [0, 0.05) is 16.0 Å². The normalized spacial score (nSPS) is 10.8. The van der Waals surface area contributed by atoms with E-state index in [2.05, 4.69) is 19.1 Å². The summed E-state index contributed by atoms with van der Waals surface area (Å²) in [5.41, 5.74) is 1.31. The Hall–Kier alpha value is -1.35. The molecule has 1 aromatic heterocycles. The van der Waals surface area contributed by atoms with Gasteiger partial charge in [0.2, 0.25) is 0 Å². The molecule has 84 valence electrons. The Morgan fingerprint density at radius 1 is 1.38 bits per heavy atom. The highest BCUT2D eigenvalue weighted by Gasteiger charge is 2.08. The topological polar surface area (TPSA) is 37.3 Å². The van der Waals surface area contributed by atoms with Gasteiger partial charge in [-0.2, -0.15) is 0 Å². The second-order valence-corrected chi connectivity index (χ2v) is 5.03. The van der Waals surface area contributed by atoms with Crippen molar-refractivity contribution in [2.75, 3.05) is 0 Å². The van der Waals surface area contributed by atoms with Crippen LogP contribution in [0.3, 0.4) is 0 Å². The highest BCUT2D eigenvalue weighted by Crippen LogP contribution is 2.31. The van der Waals surface area contributed by atoms with Crippen molar-refractivity contribution in [3.8, 4) is 0 Å². The zero-order chi connectivity index (χ0) is 11.5. The molecule has 0 bridgehead atoms. The molecule has 0 amide bonds. The molecule has 16 heavy (non-hydrogen) atoms. The Morgan fingerprint density at radius 3 is 2.81 bits per heavy atom. The fourth-order valence-electron chi connectivity index (χ4n) is 1.86. The van der Waals surface area contributed by atoms with Gasteiger partial charge in [-0.3, -0.25) is 4.79 Å². The summed E-state index contributed by atoms with van der Waals surface area (Å²) in [7, 11) is 0. The third-order valence-electron chi connectivity index (χ3n) is 2.74. The number of thiophene rings is 1. The number of rotatable bonds is 4. The Morgan fingerprint density at radius 2 is 2.12 bits per heavy atom. The van der Waals surface area contributed by atoms with Gasteiger partial charge in [-0.15, -0.1) is 11.3 Å². The van der Waals surface area contributed by atoms with Gasteiger partial charge < -0.3 is 5.11 Å². The van der Waals surface area contributed by atoms with Crippen LogP contribution in [-0.4, -0.2) is 11.1 Å². The first kappa shape index (κ1) is 11.1. The molecule has 2 nitrogen and oxygen atoms in total. The minimum Gasteiger partial charge on any atom is -0.481 e. The number of hydrogen-bond donors (Lipinski definition) is 1. The number of aryl methyl sites for hydroxylation is 2. The summed E-state index contributed by atoms with van der Waals surface area (Å²) in [5, 5.41) is 9.91. The molecular weight excluding hydrogens is 220 g/mol. The van der Waals surface area contributed by atoms with E-state index in [1.807, 2.05) is 12.1 Å². The van der Waals surface area contributed by atoms with Crippen LogP contribution < -0.4 is 0 Å². The van der Waals surface area contributed by atoms with E-state index in [9.17, 15) is 4.79 Å². The van der Waals surface area contributed by atoms with Crippen LogP contribution in [0.5, 0.6) is 0 Å². The van der Waals surface area contributed by atoms with Crippen LogP contribution in [0.15, 0.2) is 24.3 Å². The Balaban J connectivity index is 2.18. The minimum absolute atomic E-state index is 0.258. The number of fused-ring (bicyclic) bond motifs is 1. The van der Waals surface area contributed by atoms with Gasteiger partial charge in [0.15, 0.2) is 0 Å². The molecule has 2 aromatic rings. The zero-order valence-electron chi connectivity index (χ0n) is 9.19. The van der Waals surface area contributed by atoms with Crippen LogP contribution in [0.1, 0.15) is 23.3 Å². The molecule has 1 aromatic carbocycles. The lowest BCUT2D eigenvalue weighted by molar-refractivity contribution is -0.137. The van der Waals surface area contributed by atoms with Crippen molar-refractivity contribution in [3.63, 3.8) is 0 Å². The fraction of sp³-hybridized carbons (Fsp3) is 0.308. The first-order valence-electron chi connectivity index (χ1n) is 5.37. The second kappa shape index (κ2) is 4.66. The largest absolute Gasteiger partial charge is 0.481 e. The summed E-state index contributed by atoms with van der Waals surface area (Å²) in [6.45, 7) is 2.12. The number of carboxylic acid groups (broad SMARTS) is 1. The average molecular weight is 234 g/mol. The predicted molar refractivity (Wildman–Crippen MR) is 67.1 cm³/mol. The van der Waals surface area contributed by atoms with Gasteiger partial charge in [0.25, 0.3) is 0 Å². The van der Waals surface area contributed by atoms with E-state index in [0.29, 0.717) is 0 Å². The molecule has 0 aliphatic carbocycles. The monoisotopic (exact) mass is 234 g/mol. The molecule has 0 fully saturated rings. The van der Waals surface area contributed by atoms with Crippen LogP contribution >= 0.6 is 11.3 Å². The van der Waals surface area contributed by atoms with Crippen LogP contribution in [-0.2, 0) is 11.2 Å². The molecule has 1 N–H and O–H groups in total. The van der Waals surface area contributed by atoms with Gasteiger partial charge in [-0.1, -0.05) is 18.2 Å². The van der Waals surface area contributed by atoms with E-state index in [0.717, 1.165) is 12.8 Å². The summed E-state index contributed by atoms with van der Waals surface area (Å²) in [6, 6.07) is 8.33. The number of carboxylic acids is 1.